The molecule has 5 nitrogen and oxygen atoms in total. The first-order valence-electron chi connectivity index (χ1n) is 8.08. The fourth-order valence-corrected chi connectivity index (χ4v) is 2.62. The second-order valence-corrected chi connectivity index (χ2v) is 5.66. The Bertz CT molecular complexity index is 633. The predicted molar refractivity (Wildman–Crippen MR) is 90.4 cm³/mol. The number of ether oxygens (including phenoxy) is 1. The molecule has 0 atom stereocenters. The second kappa shape index (κ2) is 7.94. The molecule has 23 heavy (non-hydrogen) atoms. The van der Waals surface area contributed by atoms with Gasteiger partial charge in [0.15, 0.2) is 5.76 Å². The molecule has 0 radical (unpaired) electrons. The SMILES string of the molecule is C=CCCOc1cccc(-c2cc(CN3CCNCC3)on2)c1. The van der Waals surface area contributed by atoms with Crippen LogP contribution in [0, 0.1) is 0 Å². The molecule has 0 aliphatic carbocycles. The van der Waals surface area contributed by atoms with Crippen LogP contribution < -0.4 is 10.1 Å². The number of hydrogen-bond acceptors (Lipinski definition) is 5. The molecular formula is C18H23N3O2. The van der Waals surface area contributed by atoms with E-state index in [4.69, 9.17) is 9.26 Å². The summed E-state index contributed by atoms with van der Waals surface area (Å²) in [5.74, 6) is 1.75. The van der Waals surface area contributed by atoms with E-state index in [0.29, 0.717) is 6.61 Å². The molecule has 1 aliphatic rings. The summed E-state index contributed by atoms with van der Waals surface area (Å²) in [6.45, 7) is 9.30. The molecule has 0 bridgehead atoms. The fourth-order valence-electron chi connectivity index (χ4n) is 2.62. The maximum Gasteiger partial charge on any atom is 0.151 e. The molecule has 0 unspecified atom stereocenters. The smallest absolute Gasteiger partial charge is 0.151 e. The highest BCUT2D eigenvalue weighted by Gasteiger charge is 2.14. The summed E-state index contributed by atoms with van der Waals surface area (Å²) < 4.78 is 11.2. The van der Waals surface area contributed by atoms with Gasteiger partial charge in [-0.15, -0.1) is 6.58 Å². The third-order valence-corrected chi connectivity index (χ3v) is 3.87. The normalized spacial score (nSPS) is 15.5. The minimum Gasteiger partial charge on any atom is -0.493 e. The van der Waals surface area contributed by atoms with Crippen LogP contribution in [0.5, 0.6) is 5.75 Å². The lowest BCUT2D eigenvalue weighted by Gasteiger charge is -2.25. The van der Waals surface area contributed by atoms with Crippen LogP contribution in [-0.2, 0) is 6.54 Å². The van der Waals surface area contributed by atoms with Crippen molar-refractivity contribution in [3.63, 3.8) is 0 Å². The molecule has 2 heterocycles. The summed E-state index contributed by atoms with van der Waals surface area (Å²) in [5.41, 5.74) is 1.86. The molecule has 1 aromatic carbocycles. The molecule has 5 heteroatoms. The van der Waals surface area contributed by atoms with Gasteiger partial charge in [-0.3, -0.25) is 4.90 Å². The quantitative estimate of drug-likeness (QED) is 0.629. The Hall–Kier alpha value is -2.11. The van der Waals surface area contributed by atoms with Gasteiger partial charge in [-0.05, 0) is 18.6 Å². The topological polar surface area (TPSA) is 50.5 Å². The first kappa shape index (κ1) is 15.8. The maximum absolute atomic E-state index is 5.69. The number of aromatic nitrogens is 1. The third kappa shape index (κ3) is 4.43. The summed E-state index contributed by atoms with van der Waals surface area (Å²) in [4.78, 5) is 2.37. The van der Waals surface area contributed by atoms with Crippen molar-refractivity contribution in [2.24, 2.45) is 0 Å². The van der Waals surface area contributed by atoms with Crippen LogP contribution in [0.15, 0.2) is 47.5 Å². The third-order valence-electron chi connectivity index (χ3n) is 3.87. The molecule has 1 saturated heterocycles. The number of hydrogen-bond donors (Lipinski definition) is 1. The zero-order valence-corrected chi connectivity index (χ0v) is 13.3. The zero-order chi connectivity index (χ0) is 15.9. The Morgan fingerprint density at radius 1 is 1.30 bits per heavy atom. The van der Waals surface area contributed by atoms with Gasteiger partial charge in [0.1, 0.15) is 11.4 Å². The molecule has 1 aromatic heterocycles. The van der Waals surface area contributed by atoms with E-state index in [9.17, 15) is 0 Å². The van der Waals surface area contributed by atoms with Crippen LogP contribution in [0.4, 0.5) is 0 Å². The van der Waals surface area contributed by atoms with E-state index in [-0.39, 0.29) is 0 Å². The largest absolute Gasteiger partial charge is 0.493 e. The number of piperazine rings is 1. The van der Waals surface area contributed by atoms with Gasteiger partial charge in [0.05, 0.1) is 13.2 Å². The van der Waals surface area contributed by atoms with Gasteiger partial charge in [0, 0.05) is 37.8 Å². The van der Waals surface area contributed by atoms with Crippen LogP contribution in [0.1, 0.15) is 12.2 Å². The summed E-state index contributed by atoms with van der Waals surface area (Å²) >= 11 is 0. The van der Waals surface area contributed by atoms with Gasteiger partial charge in [0.2, 0.25) is 0 Å². The number of benzene rings is 1. The first-order chi connectivity index (χ1) is 11.3. The van der Waals surface area contributed by atoms with Gasteiger partial charge >= 0.3 is 0 Å². The molecule has 1 aliphatic heterocycles. The van der Waals surface area contributed by atoms with Crippen LogP contribution >= 0.6 is 0 Å². The van der Waals surface area contributed by atoms with Gasteiger partial charge in [-0.2, -0.15) is 0 Å². The molecule has 1 fully saturated rings. The molecule has 0 saturated carbocycles. The van der Waals surface area contributed by atoms with E-state index < -0.39 is 0 Å². The second-order valence-electron chi connectivity index (χ2n) is 5.66. The van der Waals surface area contributed by atoms with Crippen molar-refractivity contribution in [3.05, 3.63) is 48.7 Å². The molecule has 2 aromatic rings. The molecule has 0 amide bonds. The highest BCUT2D eigenvalue weighted by molar-refractivity contribution is 5.60. The van der Waals surface area contributed by atoms with Crippen molar-refractivity contribution in [1.29, 1.82) is 0 Å². The molecule has 1 N–H and O–H groups in total. The summed E-state index contributed by atoms with van der Waals surface area (Å²) in [7, 11) is 0. The van der Waals surface area contributed by atoms with E-state index >= 15 is 0 Å². The number of nitrogens with zero attached hydrogens (tertiary/aromatic N) is 2. The predicted octanol–water partition coefficient (Wildman–Crippen LogP) is 2.70. The Balaban J connectivity index is 1.64. The molecule has 0 spiro atoms. The maximum atomic E-state index is 5.69. The van der Waals surface area contributed by atoms with Crippen molar-refractivity contribution < 1.29 is 9.26 Å². The van der Waals surface area contributed by atoms with E-state index in [2.05, 4.69) is 22.0 Å². The van der Waals surface area contributed by atoms with Gasteiger partial charge < -0.3 is 14.6 Å². The Labute approximate surface area is 136 Å². The molecule has 3 rings (SSSR count). The van der Waals surface area contributed by atoms with Gasteiger partial charge in [-0.25, -0.2) is 0 Å². The minimum atomic E-state index is 0.639. The van der Waals surface area contributed by atoms with Crippen molar-refractivity contribution in [2.45, 2.75) is 13.0 Å². The molecule has 122 valence electrons. The highest BCUT2D eigenvalue weighted by Crippen LogP contribution is 2.24. The zero-order valence-electron chi connectivity index (χ0n) is 13.3. The Kier molecular flexibility index (Phi) is 5.45. The van der Waals surface area contributed by atoms with E-state index in [1.54, 1.807) is 0 Å². The highest BCUT2D eigenvalue weighted by atomic mass is 16.5. The minimum absolute atomic E-state index is 0.639. The lowest BCUT2D eigenvalue weighted by Crippen LogP contribution is -2.42. The van der Waals surface area contributed by atoms with Gasteiger partial charge in [0.25, 0.3) is 0 Å². The van der Waals surface area contributed by atoms with Gasteiger partial charge in [-0.1, -0.05) is 23.4 Å². The lowest BCUT2D eigenvalue weighted by molar-refractivity contribution is 0.207. The van der Waals surface area contributed by atoms with Crippen LogP contribution in [-0.4, -0.2) is 42.8 Å². The van der Waals surface area contributed by atoms with E-state index in [1.165, 1.54) is 0 Å². The van der Waals surface area contributed by atoms with Crippen LogP contribution in [0.2, 0.25) is 0 Å². The number of rotatable bonds is 7. The van der Waals surface area contributed by atoms with Crippen molar-refractivity contribution in [2.75, 3.05) is 32.8 Å². The number of nitrogens with one attached hydrogen (secondary N) is 1. The lowest BCUT2D eigenvalue weighted by atomic mass is 10.1. The summed E-state index contributed by atoms with van der Waals surface area (Å²) in [5, 5.41) is 7.55. The summed E-state index contributed by atoms with van der Waals surface area (Å²) in [6.07, 6.45) is 2.69. The fraction of sp³-hybridized carbons (Fsp3) is 0.389. The average Bonchev–Trinajstić information content (AvgIpc) is 3.05. The van der Waals surface area contributed by atoms with Crippen molar-refractivity contribution >= 4 is 0 Å². The Morgan fingerprint density at radius 3 is 3.00 bits per heavy atom. The molecular weight excluding hydrogens is 290 g/mol. The first-order valence-corrected chi connectivity index (χ1v) is 8.08. The van der Waals surface area contributed by atoms with Crippen molar-refractivity contribution in [1.82, 2.24) is 15.4 Å². The standard InChI is InChI=1S/C18H23N3O2/c1-2-3-11-22-16-6-4-5-15(12-16)18-13-17(23-20-18)14-21-9-7-19-8-10-21/h2,4-6,12-13,19H,1,3,7-11,14H2. The van der Waals surface area contributed by atoms with E-state index in [1.807, 2.05) is 36.4 Å². The van der Waals surface area contributed by atoms with Crippen molar-refractivity contribution in [3.8, 4) is 17.0 Å². The average molecular weight is 313 g/mol. The van der Waals surface area contributed by atoms with Crippen LogP contribution in [0.3, 0.4) is 0 Å². The van der Waals surface area contributed by atoms with E-state index in [0.717, 1.165) is 61.9 Å². The van der Waals surface area contributed by atoms with Crippen LogP contribution in [0.25, 0.3) is 11.3 Å². The monoisotopic (exact) mass is 313 g/mol. The Morgan fingerprint density at radius 2 is 2.17 bits per heavy atom. The summed E-state index contributed by atoms with van der Waals surface area (Å²) in [6, 6.07) is 9.96.